The molecule has 1 saturated heterocycles. The third-order valence-corrected chi connectivity index (χ3v) is 5.17. The molecule has 1 fully saturated rings. The Labute approximate surface area is 180 Å². The first-order valence-corrected chi connectivity index (χ1v) is 9.71. The molecule has 0 spiro atoms. The Morgan fingerprint density at radius 2 is 1.74 bits per heavy atom. The number of phenols is 1. The molecule has 2 aromatic rings. The average molecular weight is 427 g/mol. The van der Waals surface area contributed by atoms with Gasteiger partial charge in [-0.3, -0.25) is 9.59 Å². The maximum absolute atomic E-state index is 12.9. The number of methoxy groups -OCH3 is 3. The summed E-state index contributed by atoms with van der Waals surface area (Å²) in [6.07, 6.45) is 0.512. The summed E-state index contributed by atoms with van der Waals surface area (Å²) >= 11 is 0. The van der Waals surface area contributed by atoms with Gasteiger partial charge in [0.1, 0.15) is 11.5 Å². The van der Waals surface area contributed by atoms with Gasteiger partial charge in [0.15, 0.2) is 11.5 Å². The molecule has 1 aliphatic heterocycles. The minimum atomic E-state index is -0.839. The van der Waals surface area contributed by atoms with Crippen LogP contribution in [0.5, 0.6) is 17.2 Å². The van der Waals surface area contributed by atoms with E-state index in [1.165, 1.54) is 25.2 Å². The Kier molecular flexibility index (Phi) is 6.81. The normalized spacial score (nSPS) is 17.8. The highest BCUT2D eigenvalue weighted by Crippen LogP contribution is 2.41. The molecule has 8 heteroatoms. The predicted octanol–water partition coefficient (Wildman–Crippen LogP) is 2.87. The van der Waals surface area contributed by atoms with Crippen molar-refractivity contribution in [3.05, 3.63) is 59.2 Å². The lowest BCUT2D eigenvalue weighted by Gasteiger charge is -2.25. The fourth-order valence-corrected chi connectivity index (χ4v) is 3.61. The van der Waals surface area contributed by atoms with Crippen LogP contribution in [0.3, 0.4) is 0 Å². The number of rotatable bonds is 8. The highest BCUT2D eigenvalue weighted by molar-refractivity contribution is 6.46. The second kappa shape index (κ2) is 9.53. The predicted molar refractivity (Wildman–Crippen MR) is 113 cm³/mol. The van der Waals surface area contributed by atoms with Gasteiger partial charge in [0, 0.05) is 25.8 Å². The Bertz CT molecular complexity index is 997. The molecule has 2 N–H and O–H groups in total. The third kappa shape index (κ3) is 4.34. The highest BCUT2D eigenvalue weighted by atomic mass is 16.5. The van der Waals surface area contributed by atoms with Crippen molar-refractivity contribution < 1.29 is 34.0 Å². The molecule has 0 aromatic heterocycles. The van der Waals surface area contributed by atoms with Crippen molar-refractivity contribution in [2.24, 2.45) is 0 Å². The fraction of sp³-hybridized carbons (Fsp3) is 0.304. The summed E-state index contributed by atoms with van der Waals surface area (Å²) in [7, 11) is 4.49. The van der Waals surface area contributed by atoms with Crippen LogP contribution in [0.25, 0.3) is 5.76 Å². The van der Waals surface area contributed by atoms with Crippen molar-refractivity contribution in [3.8, 4) is 17.2 Å². The van der Waals surface area contributed by atoms with Gasteiger partial charge in [-0.25, -0.2) is 0 Å². The van der Waals surface area contributed by atoms with Gasteiger partial charge in [0.2, 0.25) is 0 Å². The number of hydrogen-bond acceptors (Lipinski definition) is 7. The lowest BCUT2D eigenvalue weighted by molar-refractivity contribution is -0.140. The van der Waals surface area contributed by atoms with Crippen LogP contribution in [0.1, 0.15) is 23.6 Å². The first kappa shape index (κ1) is 22.2. The smallest absolute Gasteiger partial charge is 0.295 e. The minimum Gasteiger partial charge on any atom is -0.507 e. The highest BCUT2D eigenvalue weighted by Gasteiger charge is 2.46. The number of ketones is 1. The first-order valence-electron chi connectivity index (χ1n) is 9.71. The first-order chi connectivity index (χ1) is 14.9. The van der Waals surface area contributed by atoms with Crippen LogP contribution in [0, 0.1) is 0 Å². The zero-order chi connectivity index (χ0) is 22.5. The standard InChI is InChI=1S/C23H25NO7/c1-29-12-4-11-24-20(15-7-10-17(25)18(13-15)31-3)19(22(27)23(24)28)21(26)14-5-8-16(30-2)9-6-14/h5-10,13,20,25-26H,4,11-12H2,1-3H3. The van der Waals surface area contributed by atoms with E-state index in [4.69, 9.17) is 14.2 Å². The topological polar surface area (TPSA) is 106 Å². The Morgan fingerprint density at radius 3 is 2.35 bits per heavy atom. The van der Waals surface area contributed by atoms with Gasteiger partial charge in [0.25, 0.3) is 11.7 Å². The quantitative estimate of drug-likeness (QED) is 0.289. The number of aliphatic hydroxyl groups is 1. The second-order valence-corrected chi connectivity index (χ2v) is 7.00. The van der Waals surface area contributed by atoms with Crippen molar-refractivity contribution in [1.82, 2.24) is 4.90 Å². The molecular formula is C23H25NO7. The maximum Gasteiger partial charge on any atom is 0.295 e. The zero-order valence-electron chi connectivity index (χ0n) is 17.6. The van der Waals surface area contributed by atoms with Gasteiger partial charge < -0.3 is 29.3 Å². The largest absolute Gasteiger partial charge is 0.507 e. The summed E-state index contributed by atoms with van der Waals surface area (Å²) in [5.41, 5.74) is 0.882. The molecule has 1 unspecified atom stereocenters. The van der Waals surface area contributed by atoms with Crippen molar-refractivity contribution in [3.63, 3.8) is 0 Å². The summed E-state index contributed by atoms with van der Waals surface area (Å²) in [5.74, 6) is -1.04. The van der Waals surface area contributed by atoms with Crippen LogP contribution in [-0.2, 0) is 14.3 Å². The van der Waals surface area contributed by atoms with Crippen molar-refractivity contribution in [2.75, 3.05) is 34.5 Å². The lowest BCUT2D eigenvalue weighted by Crippen LogP contribution is -2.31. The number of phenolic OH excluding ortho intramolecular Hbond substituents is 1. The fourth-order valence-electron chi connectivity index (χ4n) is 3.61. The monoisotopic (exact) mass is 427 g/mol. The minimum absolute atomic E-state index is 0.0275. The molecule has 0 bridgehead atoms. The van der Waals surface area contributed by atoms with E-state index in [1.807, 2.05) is 0 Å². The van der Waals surface area contributed by atoms with Gasteiger partial charge in [0.05, 0.1) is 25.8 Å². The van der Waals surface area contributed by atoms with E-state index in [1.54, 1.807) is 43.5 Å². The van der Waals surface area contributed by atoms with Gasteiger partial charge in [-0.05, 0) is 48.4 Å². The van der Waals surface area contributed by atoms with E-state index in [0.717, 1.165) is 0 Å². The summed E-state index contributed by atoms with van der Waals surface area (Å²) in [4.78, 5) is 27.2. The number of benzene rings is 2. The zero-order valence-corrected chi connectivity index (χ0v) is 17.6. The number of aromatic hydroxyl groups is 1. The molecule has 1 aliphatic rings. The molecule has 3 rings (SSSR count). The van der Waals surface area contributed by atoms with Gasteiger partial charge in [-0.15, -0.1) is 0 Å². The van der Waals surface area contributed by atoms with Gasteiger partial charge in [-0.1, -0.05) is 6.07 Å². The molecule has 2 aromatic carbocycles. The Balaban J connectivity index is 2.13. The van der Waals surface area contributed by atoms with Crippen molar-refractivity contribution in [1.29, 1.82) is 0 Å². The number of likely N-dealkylation sites (tertiary alicyclic amines) is 1. The van der Waals surface area contributed by atoms with E-state index in [2.05, 4.69) is 0 Å². The van der Waals surface area contributed by atoms with Crippen LogP contribution in [-0.4, -0.2) is 61.3 Å². The van der Waals surface area contributed by atoms with Gasteiger partial charge in [-0.2, -0.15) is 0 Å². The Hall–Kier alpha value is -3.52. The van der Waals surface area contributed by atoms with Crippen LogP contribution in [0.15, 0.2) is 48.0 Å². The molecule has 0 aliphatic carbocycles. The maximum atomic E-state index is 12.9. The second-order valence-electron chi connectivity index (χ2n) is 7.00. The third-order valence-electron chi connectivity index (χ3n) is 5.17. The van der Waals surface area contributed by atoms with Crippen LogP contribution >= 0.6 is 0 Å². The van der Waals surface area contributed by atoms with Gasteiger partial charge >= 0.3 is 0 Å². The molecule has 0 radical (unpaired) electrons. The molecule has 1 amide bonds. The van der Waals surface area contributed by atoms with E-state index in [-0.39, 0.29) is 29.4 Å². The molecule has 1 atom stereocenters. The van der Waals surface area contributed by atoms with Crippen molar-refractivity contribution in [2.45, 2.75) is 12.5 Å². The molecule has 0 saturated carbocycles. The number of carbonyl (C=O) groups is 2. The number of Topliss-reactive ketones (excluding diaryl/α,β-unsaturated/α-hetero) is 1. The molecule has 8 nitrogen and oxygen atoms in total. The van der Waals surface area contributed by atoms with Crippen molar-refractivity contribution >= 4 is 17.4 Å². The van der Waals surface area contributed by atoms with E-state index >= 15 is 0 Å². The molecule has 164 valence electrons. The number of ether oxygens (including phenoxy) is 3. The summed E-state index contributed by atoms with van der Waals surface area (Å²) in [6.45, 7) is 0.665. The summed E-state index contributed by atoms with van der Waals surface area (Å²) in [6, 6.07) is 10.3. The van der Waals surface area contributed by atoms with Crippen LogP contribution < -0.4 is 9.47 Å². The van der Waals surface area contributed by atoms with Crippen LogP contribution in [0.4, 0.5) is 0 Å². The Morgan fingerprint density at radius 1 is 1.03 bits per heavy atom. The van der Waals surface area contributed by atoms with E-state index < -0.39 is 17.7 Å². The molecular weight excluding hydrogens is 402 g/mol. The number of amides is 1. The number of aliphatic hydroxyl groups excluding tert-OH is 1. The van der Waals surface area contributed by atoms with E-state index in [9.17, 15) is 19.8 Å². The van der Waals surface area contributed by atoms with Crippen LogP contribution in [0.2, 0.25) is 0 Å². The van der Waals surface area contributed by atoms with E-state index in [0.29, 0.717) is 29.9 Å². The SMILES string of the molecule is COCCCN1C(=O)C(=O)C(=C(O)c2ccc(OC)cc2)C1c1ccc(O)c(OC)c1. The summed E-state index contributed by atoms with van der Waals surface area (Å²) < 4.78 is 15.4. The molecule has 1 heterocycles. The number of carbonyl (C=O) groups excluding carboxylic acids is 2. The average Bonchev–Trinajstić information content (AvgIpc) is 3.04. The number of hydrogen-bond donors (Lipinski definition) is 2. The summed E-state index contributed by atoms with van der Waals surface area (Å²) in [5, 5.41) is 21.0. The molecule has 31 heavy (non-hydrogen) atoms. The lowest BCUT2D eigenvalue weighted by atomic mass is 9.95. The number of nitrogens with zero attached hydrogens (tertiary/aromatic N) is 1.